The topological polar surface area (TPSA) is 57.6 Å². The number of nitrogens with zero attached hydrogens (tertiary/aromatic N) is 1. The fraction of sp³-hybridized carbons (Fsp3) is 0.429. The number of sulfonamides is 1. The maximum Gasteiger partial charge on any atom is 0.235 e. The van der Waals surface area contributed by atoms with Gasteiger partial charge in [-0.2, -0.15) is 0 Å². The maximum atomic E-state index is 11.9. The quantitative estimate of drug-likeness (QED) is 0.829. The van der Waals surface area contributed by atoms with Crippen molar-refractivity contribution in [3.8, 4) is 11.8 Å². The number of aliphatic hydroxyl groups is 1. The molecule has 5 heteroatoms. The van der Waals surface area contributed by atoms with Gasteiger partial charge in [-0.05, 0) is 31.0 Å². The summed E-state index contributed by atoms with van der Waals surface area (Å²) in [6.45, 7) is 2.47. The molecule has 1 heterocycles. The smallest absolute Gasteiger partial charge is 0.235 e. The molecule has 1 saturated heterocycles. The highest BCUT2D eigenvalue weighted by Gasteiger charge is 2.29. The van der Waals surface area contributed by atoms with Crippen LogP contribution in [0.25, 0.3) is 0 Å². The highest BCUT2D eigenvalue weighted by molar-refractivity contribution is 7.93. The van der Waals surface area contributed by atoms with Crippen LogP contribution in [0.3, 0.4) is 0 Å². The van der Waals surface area contributed by atoms with Crippen molar-refractivity contribution in [1.82, 2.24) is 0 Å². The molecule has 0 amide bonds. The minimum absolute atomic E-state index is 0.0340. The molecular weight excluding hydrogens is 262 g/mol. The summed E-state index contributed by atoms with van der Waals surface area (Å²) in [5.74, 6) is 5.99. The largest absolute Gasteiger partial charge is 0.395 e. The Morgan fingerprint density at radius 3 is 2.84 bits per heavy atom. The van der Waals surface area contributed by atoms with E-state index in [9.17, 15) is 8.42 Å². The van der Waals surface area contributed by atoms with Gasteiger partial charge in [-0.15, -0.1) is 0 Å². The van der Waals surface area contributed by atoms with Crippen LogP contribution in [-0.4, -0.2) is 32.4 Å². The Bertz CT molecular complexity index is 626. The summed E-state index contributed by atoms with van der Waals surface area (Å²) < 4.78 is 25.4. The molecule has 1 N–H and O–H groups in total. The summed E-state index contributed by atoms with van der Waals surface area (Å²) in [6.07, 6.45) is 1.09. The fourth-order valence-corrected chi connectivity index (χ4v) is 3.70. The molecule has 0 unspecified atom stereocenters. The fourth-order valence-electron chi connectivity index (χ4n) is 2.09. The number of aliphatic hydroxyl groups excluding tert-OH is 1. The molecule has 1 aromatic carbocycles. The summed E-state index contributed by atoms with van der Waals surface area (Å²) in [4.78, 5) is 0. The van der Waals surface area contributed by atoms with E-state index in [1.807, 2.05) is 25.1 Å². The molecule has 0 saturated carbocycles. The van der Waals surface area contributed by atoms with E-state index in [-0.39, 0.29) is 12.4 Å². The molecule has 1 aliphatic rings. The maximum absolute atomic E-state index is 11.9. The lowest BCUT2D eigenvalue weighted by Gasteiger charge is -2.19. The van der Waals surface area contributed by atoms with Crippen molar-refractivity contribution >= 4 is 15.7 Å². The number of anilines is 1. The van der Waals surface area contributed by atoms with Gasteiger partial charge in [0.15, 0.2) is 0 Å². The SMILES string of the molecule is Cc1ccc(C#CCCO)cc1N1CCCS1(=O)=O. The number of rotatable bonds is 2. The number of aryl methyl sites for hydroxylation is 1. The zero-order valence-electron chi connectivity index (χ0n) is 10.9. The summed E-state index contributed by atoms with van der Waals surface area (Å²) in [6, 6.07) is 5.56. The van der Waals surface area contributed by atoms with Gasteiger partial charge in [0.2, 0.25) is 10.0 Å². The van der Waals surface area contributed by atoms with E-state index in [4.69, 9.17) is 5.11 Å². The van der Waals surface area contributed by atoms with Gasteiger partial charge in [-0.3, -0.25) is 4.31 Å². The van der Waals surface area contributed by atoms with E-state index in [2.05, 4.69) is 11.8 Å². The molecule has 0 radical (unpaired) electrons. The van der Waals surface area contributed by atoms with Gasteiger partial charge in [0.25, 0.3) is 0 Å². The second-order valence-corrected chi connectivity index (χ2v) is 6.53. The third-order valence-electron chi connectivity index (χ3n) is 3.05. The molecule has 0 aromatic heterocycles. The third-order valence-corrected chi connectivity index (χ3v) is 4.90. The number of hydrogen-bond acceptors (Lipinski definition) is 3. The highest BCUT2D eigenvalue weighted by atomic mass is 32.2. The number of hydrogen-bond donors (Lipinski definition) is 1. The summed E-state index contributed by atoms with van der Waals surface area (Å²) in [5.41, 5.74) is 2.42. The van der Waals surface area contributed by atoms with Crippen molar-refractivity contribution in [2.45, 2.75) is 19.8 Å². The molecule has 1 aromatic rings. The molecule has 1 fully saturated rings. The molecule has 2 rings (SSSR count). The normalized spacial score (nSPS) is 17.1. The predicted molar refractivity (Wildman–Crippen MR) is 75.5 cm³/mol. The van der Waals surface area contributed by atoms with E-state index in [1.54, 1.807) is 0 Å². The first-order valence-electron chi connectivity index (χ1n) is 6.25. The van der Waals surface area contributed by atoms with Crippen molar-refractivity contribution < 1.29 is 13.5 Å². The van der Waals surface area contributed by atoms with Crippen LogP contribution < -0.4 is 4.31 Å². The Labute approximate surface area is 114 Å². The van der Waals surface area contributed by atoms with Crippen LogP contribution in [0.4, 0.5) is 5.69 Å². The molecular formula is C14H17NO3S. The van der Waals surface area contributed by atoms with Gasteiger partial charge in [0.1, 0.15) is 0 Å². The van der Waals surface area contributed by atoms with Crippen LogP contribution in [-0.2, 0) is 10.0 Å². The lowest BCUT2D eigenvalue weighted by molar-refractivity contribution is 0.305. The third kappa shape index (κ3) is 3.09. The van der Waals surface area contributed by atoms with E-state index in [0.29, 0.717) is 25.1 Å². The second-order valence-electron chi connectivity index (χ2n) is 4.52. The first-order valence-corrected chi connectivity index (χ1v) is 7.86. The summed E-state index contributed by atoms with van der Waals surface area (Å²) in [5, 5.41) is 8.69. The monoisotopic (exact) mass is 279 g/mol. The standard InChI is InChI=1S/C14H17NO3S/c1-12-6-7-13(5-2-3-9-16)11-14(12)15-8-4-10-19(15,17)18/h6-7,11,16H,3-4,8-10H2,1H3. The zero-order chi connectivity index (χ0) is 13.9. The van der Waals surface area contributed by atoms with Crippen molar-refractivity contribution in [3.63, 3.8) is 0 Å². The predicted octanol–water partition coefficient (Wildman–Crippen LogP) is 1.27. The second kappa shape index (κ2) is 5.64. The molecule has 102 valence electrons. The summed E-state index contributed by atoms with van der Waals surface area (Å²) in [7, 11) is -3.16. The van der Waals surface area contributed by atoms with Crippen molar-refractivity contribution in [2.75, 3.05) is 23.2 Å². The average Bonchev–Trinajstić information content (AvgIpc) is 2.71. The minimum Gasteiger partial charge on any atom is -0.395 e. The van der Waals surface area contributed by atoms with Gasteiger partial charge in [0.05, 0.1) is 18.0 Å². The van der Waals surface area contributed by atoms with Crippen LogP contribution in [0.2, 0.25) is 0 Å². The Kier molecular flexibility index (Phi) is 4.13. The minimum atomic E-state index is -3.16. The Balaban J connectivity index is 2.36. The van der Waals surface area contributed by atoms with E-state index >= 15 is 0 Å². The van der Waals surface area contributed by atoms with E-state index in [0.717, 1.165) is 11.1 Å². The van der Waals surface area contributed by atoms with Gasteiger partial charge in [-0.25, -0.2) is 8.42 Å². The van der Waals surface area contributed by atoms with Crippen LogP contribution in [0.5, 0.6) is 0 Å². The van der Waals surface area contributed by atoms with Gasteiger partial charge in [0, 0.05) is 18.5 Å². The zero-order valence-corrected chi connectivity index (χ0v) is 11.7. The molecule has 0 aliphatic carbocycles. The van der Waals surface area contributed by atoms with E-state index < -0.39 is 10.0 Å². The number of benzene rings is 1. The highest BCUT2D eigenvalue weighted by Crippen LogP contribution is 2.28. The molecule has 0 atom stereocenters. The van der Waals surface area contributed by atoms with Gasteiger partial charge in [-0.1, -0.05) is 17.9 Å². The van der Waals surface area contributed by atoms with Crippen molar-refractivity contribution in [1.29, 1.82) is 0 Å². The molecule has 0 spiro atoms. The summed E-state index contributed by atoms with van der Waals surface area (Å²) >= 11 is 0. The first-order chi connectivity index (χ1) is 9.04. The Morgan fingerprint density at radius 1 is 1.42 bits per heavy atom. The molecule has 19 heavy (non-hydrogen) atoms. The van der Waals surface area contributed by atoms with Gasteiger partial charge >= 0.3 is 0 Å². The lowest BCUT2D eigenvalue weighted by atomic mass is 10.1. The Hall–Kier alpha value is -1.51. The Morgan fingerprint density at radius 2 is 2.21 bits per heavy atom. The van der Waals surface area contributed by atoms with Gasteiger partial charge < -0.3 is 5.11 Å². The van der Waals surface area contributed by atoms with Crippen molar-refractivity contribution in [2.24, 2.45) is 0 Å². The molecule has 0 bridgehead atoms. The van der Waals surface area contributed by atoms with Crippen LogP contribution >= 0.6 is 0 Å². The first kappa shape index (κ1) is 13.9. The van der Waals surface area contributed by atoms with Crippen LogP contribution in [0, 0.1) is 18.8 Å². The van der Waals surface area contributed by atoms with Crippen LogP contribution in [0.1, 0.15) is 24.0 Å². The van der Waals surface area contributed by atoms with Crippen molar-refractivity contribution in [3.05, 3.63) is 29.3 Å². The lowest BCUT2D eigenvalue weighted by Crippen LogP contribution is -2.25. The molecule has 4 nitrogen and oxygen atoms in total. The van der Waals surface area contributed by atoms with E-state index in [1.165, 1.54) is 4.31 Å². The average molecular weight is 279 g/mol. The molecule has 1 aliphatic heterocycles. The van der Waals surface area contributed by atoms with Crippen LogP contribution in [0.15, 0.2) is 18.2 Å².